The number of amides is 1. The van der Waals surface area contributed by atoms with Gasteiger partial charge in [0.05, 0.1) is 17.7 Å². The van der Waals surface area contributed by atoms with Crippen LogP contribution in [0.4, 0.5) is 11.4 Å². The number of benzene rings is 3. The van der Waals surface area contributed by atoms with Crippen LogP contribution in [0, 0.1) is 0 Å². The van der Waals surface area contributed by atoms with Gasteiger partial charge in [0.1, 0.15) is 5.56 Å². The van der Waals surface area contributed by atoms with Crippen molar-refractivity contribution in [1.82, 2.24) is 0 Å². The van der Waals surface area contributed by atoms with E-state index in [9.17, 15) is 18.0 Å². The molecular weight excluding hydrogens is 468 g/mol. The third kappa shape index (κ3) is 4.15. The van der Waals surface area contributed by atoms with Gasteiger partial charge in [-0.25, -0.2) is 13.2 Å². The van der Waals surface area contributed by atoms with E-state index in [2.05, 4.69) is 5.32 Å². The highest BCUT2D eigenvalue weighted by Gasteiger charge is 2.29. The van der Waals surface area contributed by atoms with Gasteiger partial charge in [0.25, 0.3) is 15.9 Å². The molecule has 2 heterocycles. The summed E-state index contributed by atoms with van der Waals surface area (Å²) in [7, 11) is -2.23. The van der Waals surface area contributed by atoms with Gasteiger partial charge in [-0.15, -0.1) is 0 Å². The van der Waals surface area contributed by atoms with Crippen molar-refractivity contribution in [1.29, 1.82) is 0 Å². The van der Waals surface area contributed by atoms with Crippen molar-refractivity contribution in [3.05, 3.63) is 94.3 Å². The molecule has 35 heavy (non-hydrogen) atoms. The summed E-state index contributed by atoms with van der Waals surface area (Å²) in [6.45, 7) is 0.373. The average Bonchev–Trinajstić information content (AvgIpc) is 2.88. The molecule has 4 aromatic rings. The van der Waals surface area contributed by atoms with Gasteiger partial charge >= 0.3 is 5.63 Å². The molecule has 0 unspecified atom stereocenters. The molecule has 178 valence electrons. The number of rotatable bonds is 5. The minimum Gasteiger partial charge on any atom is -0.493 e. The Morgan fingerprint density at radius 2 is 1.83 bits per heavy atom. The van der Waals surface area contributed by atoms with Gasteiger partial charge in [-0.3, -0.25) is 9.10 Å². The largest absolute Gasteiger partial charge is 0.493 e. The Balaban J connectivity index is 1.44. The minimum absolute atomic E-state index is 0.142. The summed E-state index contributed by atoms with van der Waals surface area (Å²) >= 11 is 0. The van der Waals surface area contributed by atoms with Gasteiger partial charge in [0.15, 0.2) is 11.3 Å². The Labute approximate surface area is 201 Å². The van der Waals surface area contributed by atoms with Gasteiger partial charge in [-0.05, 0) is 60.9 Å². The second-order valence-electron chi connectivity index (χ2n) is 8.12. The van der Waals surface area contributed by atoms with Gasteiger partial charge < -0.3 is 14.5 Å². The maximum atomic E-state index is 13.2. The number of hydrogen-bond donors (Lipinski definition) is 1. The molecule has 3 aromatic carbocycles. The van der Waals surface area contributed by atoms with Crippen LogP contribution in [0.25, 0.3) is 11.0 Å². The lowest BCUT2D eigenvalue weighted by atomic mass is 10.0. The number of nitrogens with zero attached hydrogens (tertiary/aromatic N) is 1. The van der Waals surface area contributed by atoms with Crippen LogP contribution in [-0.2, 0) is 16.4 Å². The van der Waals surface area contributed by atoms with E-state index in [1.54, 1.807) is 66.7 Å². The zero-order valence-corrected chi connectivity index (χ0v) is 19.7. The molecular formula is C26H22N2O6S. The number of ether oxygens (including phenoxy) is 1. The standard InChI is InChI=1S/C26H22N2O6S/c1-33-23-11-5-7-18-16-21(26(30)34-24(18)23)25(29)27-19-12-13-22-17(15-19)8-6-14-28(22)35(31,32)20-9-3-2-4-10-20/h2-5,7,9-13,15-16H,6,8,14H2,1H3,(H,27,29). The summed E-state index contributed by atoms with van der Waals surface area (Å²) in [5.41, 5.74) is 1.18. The number of carbonyl (C=O) groups excluding carboxylic acids is 1. The molecule has 5 rings (SSSR count). The van der Waals surface area contributed by atoms with Gasteiger partial charge in [0, 0.05) is 17.6 Å². The summed E-state index contributed by atoms with van der Waals surface area (Å²) in [5.74, 6) is -0.218. The number of fused-ring (bicyclic) bond motifs is 2. The number of carbonyl (C=O) groups is 1. The predicted molar refractivity (Wildman–Crippen MR) is 133 cm³/mol. The maximum absolute atomic E-state index is 13.2. The SMILES string of the molecule is COc1cccc2cc(C(=O)Nc3ccc4c(c3)CCCN4S(=O)(=O)c3ccccc3)c(=O)oc12. The molecule has 0 fully saturated rings. The fourth-order valence-corrected chi connectivity index (χ4v) is 5.81. The second kappa shape index (κ2) is 8.92. The van der Waals surface area contributed by atoms with Crippen molar-refractivity contribution in [2.75, 3.05) is 23.3 Å². The van der Waals surface area contributed by atoms with Crippen molar-refractivity contribution in [3.8, 4) is 5.75 Å². The lowest BCUT2D eigenvalue weighted by Gasteiger charge is -2.30. The molecule has 1 aliphatic rings. The Bertz CT molecular complexity index is 1600. The summed E-state index contributed by atoms with van der Waals surface area (Å²) in [5, 5.41) is 3.29. The maximum Gasteiger partial charge on any atom is 0.349 e. The Kier molecular flexibility index (Phi) is 5.78. The molecule has 0 aliphatic carbocycles. The van der Waals surface area contributed by atoms with Crippen molar-refractivity contribution in [2.45, 2.75) is 17.7 Å². The summed E-state index contributed by atoms with van der Waals surface area (Å²) in [6.07, 6.45) is 1.31. The number of aryl methyl sites for hydroxylation is 1. The zero-order valence-electron chi connectivity index (χ0n) is 18.9. The molecule has 0 saturated heterocycles. The Morgan fingerprint density at radius 3 is 2.60 bits per heavy atom. The normalized spacial score (nSPS) is 13.3. The van der Waals surface area contributed by atoms with Crippen molar-refractivity contribution < 1.29 is 22.4 Å². The predicted octanol–water partition coefficient (Wildman–Crippen LogP) is 4.20. The molecule has 0 spiro atoms. The van der Waals surface area contributed by atoms with E-state index in [1.807, 2.05) is 0 Å². The van der Waals surface area contributed by atoms with Crippen LogP contribution in [-0.4, -0.2) is 28.0 Å². The van der Waals surface area contributed by atoms with E-state index < -0.39 is 21.6 Å². The first kappa shape index (κ1) is 22.7. The first-order chi connectivity index (χ1) is 16.9. The van der Waals surface area contributed by atoms with Crippen molar-refractivity contribution in [2.24, 2.45) is 0 Å². The van der Waals surface area contributed by atoms with E-state index in [0.717, 1.165) is 5.56 Å². The first-order valence-corrected chi connectivity index (χ1v) is 12.5. The van der Waals surface area contributed by atoms with E-state index in [0.29, 0.717) is 41.9 Å². The van der Waals surface area contributed by atoms with Crippen molar-refractivity contribution in [3.63, 3.8) is 0 Å². The van der Waals surface area contributed by atoms with Crippen LogP contribution < -0.4 is 20.0 Å². The van der Waals surface area contributed by atoms with Crippen LogP contribution in [0.1, 0.15) is 22.3 Å². The molecule has 0 saturated carbocycles. The number of sulfonamides is 1. The second-order valence-corrected chi connectivity index (χ2v) is 9.98. The van der Waals surface area contributed by atoms with Crippen LogP contribution >= 0.6 is 0 Å². The zero-order chi connectivity index (χ0) is 24.6. The van der Waals surface area contributed by atoms with Gasteiger partial charge in [-0.1, -0.05) is 30.3 Å². The Morgan fingerprint density at radius 1 is 1.03 bits per heavy atom. The van der Waals surface area contributed by atoms with E-state index >= 15 is 0 Å². The molecule has 1 aliphatic heterocycles. The fourth-order valence-electron chi connectivity index (χ4n) is 4.24. The summed E-state index contributed by atoms with van der Waals surface area (Å²) in [6, 6.07) is 19.9. The molecule has 0 atom stereocenters. The van der Waals surface area contributed by atoms with Crippen LogP contribution in [0.5, 0.6) is 5.75 Å². The number of methoxy groups -OCH3 is 1. The molecule has 9 heteroatoms. The van der Waals surface area contributed by atoms with E-state index in [-0.39, 0.29) is 16.0 Å². The lowest BCUT2D eigenvalue weighted by Crippen LogP contribution is -2.35. The smallest absolute Gasteiger partial charge is 0.349 e. The summed E-state index contributed by atoms with van der Waals surface area (Å²) < 4.78 is 38.3. The number of hydrogen-bond acceptors (Lipinski definition) is 6. The molecule has 1 amide bonds. The van der Waals surface area contributed by atoms with E-state index in [4.69, 9.17) is 9.15 Å². The Hall–Kier alpha value is -4.11. The minimum atomic E-state index is -3.70. The molecule has 1 N–H and O–H groups in total. The molecule has 0 radical (unpaired) electrons. The van der Waals surface area contributed by atoms with Crippen LogP contribution in [0.3, 0.4) is 0 Å². The molecule has 8 nitrogen and oxygen atoms in total. The first-order valence-electron chi connectivity index (χ1n) is 11.0. The molecule has 1 aromatic heterocycles. The quantitative estimate of drug-likeness (QED) is 0.421. The molecule has 0 bridgehead atoms. The van der Waals surface area contributed by atoms with Crippen molar-refractivity contribution >= 4 is 38.3 Å². The highest BCUT2D eigenvalue weighted by Crippen LogP contribution is 2.34. The number of nitrogens with one attached hydrogen (secondary N) is 1. The van der Waals surface area contributed by atoms with Crippen LogP contribution in [0.15, 0.2) is 86.9 Å². The summed E-state index contributed by atoms with van der Waals surface area (Å²) in [4.78, 5) is 25.6. The fraction of sp³-hybridized carbons (Fsp3) is 0.154. The highest BCUT2D eigenvalue weighted by molar-refractivity contribution is 7.92. The van der Waals surface area contributed by atoms with E-state index in [1.165, 1.54) is 17.5 Å². The topological polar surface area (TPSA) is 106 Å². The average molecular weight is 491 g/mol. The number of para-hydroxylation sites is 1. The third-order valence-corrected chi connectivity index (χ3v) is 7.76. The lowest BCUT2D eigenvalue weighted by molar-refractivity contribution is 0.102. The van der Waals surface area contributed by atoms with Crippen LogP contribution in [0.2, 0.25) is 0 Å². The third-order valence-electron chi connectivity index (χ3n) is 5.93. The number of anilines is 2. The van der Waals surface area contributed by atoms with Gasteiger partial charge in [-0.2, -0.15) is 0 Å². The highest BCUT2D eigenvalue weighted by atomic mass is 32.2. The monoisotopic (exact) mass is 490 g/mol. The van der Waals surface area contributed by atoms with Gasteiger partial charge in [0.2, 0.25) is 0 Å².